The zero-order chi connectivity index (χ0) is 40.3. The Kier molecular flexibility index (Phi) is 8.66. The second-order valence-corrected chi connectivity index (χ2v) is 15.5. The molecule has 0 atom stereocenters. The molecule has 2 nitrogen and oxygen atoms in total. The molecule has 10 aromatic rings. The minimum atomic E-state index is 0.117. The van der Waals surface area contributed by atoms with Crippen molar-refractivity contribution in [1.82, 2.24) is 9.55 Å². The summed E-state index contributed by atoms with van der Waals surface area (Å²) in [6.45, 7) is 0. The van der Waals surface area contributed by atoms with Crippen LogP contribution < -0.4 is 54.6 Å². The molecule has 0 aliphatic rings. The molecule has 0 saturated heterocycles. The molecule has 2 aromatic heterocycles. The van der Waals surface area contributed by atoms with Crippen LogP contribution in [0.5, 0.6) is 0 Å². The van der Waals surface area contributed by atoms with Crippen molar-refractivity contribution in [3.63, 3.8) is 0 Å². The predicted octanol–water partition coefficient (Wildman–Crippen LogP) is 0.639. The molecule has 0 amide bonds. The molecule has 0 aliphatic heterocycles. The van der Waals surface area contributed by atoms with Crippen LogP contribution in [-0.2, 0) is 0 Å². The SMILES string of the molecule is [B]c1c([B])c([B])c(-c2ccc3c(-n4c(-c5c([B])c([B])c([B])c([B])c5[B])nc5ccccc54)c4ccccc4c(-c4cccc5sc6ccccc6c45)c3c2)c([B])c1[B]. The molecule has 0 bridgehead atoms. The van der Waals surface area contributed by atoms with Crippen molar-refractivity contribution < 1.29 is 0 Å². The van der Waals surface area contributed by atoms with Gasteiger partial charge in [-0.05, 0) is 63.4 Å². The zero-order valence-corrected chi connectivity index (χ0v) is 31.8. The van der Waals surface area contributed by atoms with Crippen LogP contribution in [-0.4, -0.2) is 88.0 Å². The Morgan fingerprint density at radius 1 is 0.414 bits per heavy atom. The Bertz CT molecular complexity index is 3370. The monoisotopic (exact) mass is 728 g/mol. The molecule has 58 heavy (non-hydrogen) atoms. The number of fused-ring (bicyclic) bond motifs is 6. The molecule has 8 aromatic carbocycles. The molecule has 0 unspecified atom stereocenters. The van der Waals surface area contributed by atoms with Gasteiger partial charge in [-0.1, -0.05) is 101 Å². The van der Waals surface area contributed by atoms with Gasteiger partial charge in [0.15, 0.2) is 0 Å². The van der Waals surface area contributed by atoms with Crippen LogP contribution in [0.4, 0.5) is 0 Å². The first-order chi connectivity index (χ1) is 28.0. The van der Waals surface area contributed by atoms with E-state index in [9.17, 15) is 0 Å². The Morgan fingerprint density at radius 2 is 0.948 bits per heavy atom. The van der Waals surface area contributed by atoms with Crippen molar-refractivity contribution in [2.24, 2.45) is 0 Å². The van der Waals surface area contributed by atoms with Crippen LogP contribution in [0, 0.1) is 0 Å². The molecular formula is C45H18B10N2S. The average Bonchev–Trinajstić information content (AvgIpc) is 3.81. The van der Waals surface area contributed by atoms with E-state index in [1.165, 1.54) is 4.70 Å². The summed E-state index contributed by atoms with van der Waals surface area (Å²) in [6, 6.07) is 37.2. The lowest BCUT2D eigenvalue weighted by Gasteiger charge is -2.25. The Balaban J connectivity index is 1.43. The van der Waals surface area contributed by atoms with E-state index in [0.29, 0.717) is 28.0 Å². The van der Waals surface area contributed by atoms with E-state index in [1.54, 1.807) is 11.3 Å². The van der Waals surface area contributed by atoms with E-state index >= 15 is 0 Å². The highest BCUT2D eigenvalue weighted by atomic mass is 32.1. The normalized spacial score (nSPS) is 11.8. The largest absolute Gasteiger partial charge is 0.291 e. The van der Waals surface area contributed by atoms with Gasteiger partial charge in [0, 0.05) is 36.5 Å². The minimum absolute atomic E-state index is 0.117. The molecule has 0 N–H and O–H groups in total. The van der Waals surface area contributed by atoms with E-state index in [-0.39, 0.29) is 54.6 Å². The number of hydrogen-bond donors (Lipinski definition) is 0. The summed E-state index contributed by atoms with van der Waals surface area (Å²) in [5.41, 5.74) is 7.63. The molecule has 0 fully saturated rings. The van der Waals surface area contributed by atoms with Gasteiger partial charge >= 0.3 is 0 Å². The number of aromatic nitrogens is 2. The second-order valence-electron chi connectivity index (χ2n) is 14.5. The van der Waals surface area contributed by atoms with Gasteiger partial charge in [-0.2, -0.15) is 0 Å². The van der Waals surface area contributed by atoms with Gasteiger partial charge < -0.3 is 0 Å². The van der Waals surface area contributed by atoms with Crippen molar-refractivity contribution in [1.29, 1.82) is 0 Å². The predicted molar refractivity (Wildman–Crippen MR) is 259 cm³/mol. The number of hydrogen-bond acceptors (Lipinski definition) is 2. The maximum Gasteiger partial charge on any atom is 0.144 e. The number of benzene rings is 8. The number of imidazole rings is 1. The Morgan fingerprint density at radius 3 is 1.64 bits per heavy atom. The van der Waals surface area contributed by atoms with Crippen LogP contribution in [0.3, 0.4) is 0 Å². The lowest BCUT2D eigenvalue weighted by Crippen LogP contribution is -2.55. The smallest absolute Gasteiger partial charge is 0.144 e. The summed E-state index contributed by atoms with van der Waals surface area (Å²) < 4.78 is 4.43. The van der Waals surface area contributed by atoms with E-state index in [4.69, 9.17) is 83.4 Å². The van der Waals surface area contributed by atoms with Gasteiger partial charge in [0.05, 0.1) is 16.7 Å². The topological polar surface area (TPSA) is 17.8 Å². The van der Waals surface area contributed by atoms with Gasteiger partial charge in [0.25, 0.3) is 0 Å². The standard InChI is InChI=1S/C45H18B10N2S/c46-34-30(35(47)39(51)42(54)38(34)50)19-16-17-22-25(18-19)31(24-11-7-15-29-32(24)23-10-3-6-14-28(23)58-29)20-8-1-2-9-21(20)44(22)57-27-13-5-4-12-26(27)56-45(57)33-36(48)40(52)43(55)41(53)37(33)49/h1-18H. The highest BCUT2D eigenvalue weighted by molar-refractivity contribution is 7.26. The molecule has 13 heteroatoms. The Labute approximate surface area is 353 Å². The fourth-order valence-corrected chi connectivity index (χ4v) is 9.63. The summed E-state index contributed by atoms with van der Waals surface area (Å²) in [5.74, 6) is 0.441. The fraction of sp³-hybridized carbons (Fsp3) is 0. The van der Waals surface area contributed by atoms with Crippen molar-refractivity contribution in [3.05, 3.63) is 109 Å². The van der Waals surface area contributed by atoms with Crippen LogP contribution in [0.2, 0.25) is 0 Å². The van der Waals surface area contributed by atoms with Crippen molar-refractivity contribution in [2.75, 3.05) is 0 Å². The quantitative estimate of drug-likeness (QED) is 0.193. The van der Waals surface area contributed by atoms with Crippen LogP contribution in [0.15, 0.2) is 109 Å². The van der Waals surface area contributed by atoms with Gasteiger partial charge in [-0.3, -0.25) is 4.57 Å². The number of para-hydroxylation sites is 2. The number of rotatable bonds is 4. The summed E-state index contributed by atoms with van der Waals surface area (Å²) >= 11 is 1.76. The van der Waals surface area contributed by atoms with Crippen LogP contribution >= 0.6 is 11.3 Å². The van der Waals surface area contributed by atoms with Gasteiger partial charge in [0.2, 0.25) is 0 Å². The van der Waals surface area contributed by atoms with Gasteiger partial charge in [0.1, 0.15) is 84.3 Å². The molecule has 2 heterocycles. The molecule has 0 spiro atoms. The van der Waals surface area contributed by atoms with E-state index in [2.05, 4.69) is 71.3 Å². The van der Waals surface area contributed by atoms with Crippen molar-refractivity contribution in [2.45, 2.75) is 0 Å². The van der Waals surface area contributed by atoms with Crippen molar-refractivity contribution in [3.8, 4) is 39.3 Å². The molecule has 0 saturated carbocycles. The minimum Gasteiger partial charge on any atom is -0.291 e. The molecule has 20 radical (unpaired) electrons. The van der Waals surface area contributed by atoms with Gasteiger partial charge in [-0.25, -0.2) is 4.98 Å². The lowest BCUT2D eigenvalue weighted by molar-refractivity contribution is 1.13. The third-order valence-electron chi connectivity index (χ3n) is 11.4. The first-order valence-corrected chi connectivity index (χ1v) is 19.2. The summed E-state index contributed by atoms with van der Waals surface area (Å²) in [7, 11) is 65.3. The maximum atomic E-state index is 6.77. The van der Waals surface area contributed by atoms with E-state index in [1.807, 2.05) is 42.5 Å². The summed E-state index contributed by atoms with van der Waals surface area (Å²) in [5, 5.41) is 5.99. The molecule has 10 rings (SSSR count). The average molecular weight is 727 g/mol. The molecule has 0 aliphatic carbocycles. The third kappa shape index (κ3) is 5.21. The van der Waals surface area contributed by atoms with Gasteiger partial charge in [-0.15, -0.1) is 44.1 Å². The van der Waals surface area contributed by atoms with E-state index < -0.39 is 0 Å². The van der Waals surface area contributed by atoms with Crippen molar-refractivity contribution >= 4 is 197 Å². The third-order valence-corrected chi connectivity index (χ3v) is 12.5. The summed E-state index contributed by atoms with van der Waals surface area (Å²) in [4.78, 5) is 5.15. The first-order valence-electron chi connectivity index (χ1n) is 18.4. The first kappa shape index (κ1) is 36.9. The highest BCUT2D eigenvalue weighted by Crippen LogP contribution is 2.48. The van der Waals surface area contributed by atoms with Crippen LogP contribution in [0.25, 0.3) is 92.1 Å². The molecular weight excluding hydrogens is 709 g/mol. The highest BCUT2D eigenvalue weighted by Gasteiger charge is 2.26. The molecule has 244 valence electrons. The number of nitrogens with zero attached hydrogens (tertiary/aromatic N) is 2. The van der Waals surface area contributed by atoms with Crippen LogP contribution in [0.1, 0.15) is 0 Å². The second kappa shape index (κ2) is 13.6. The Hall–Kier alpha value is -5.38. The van der Waals surface area contributed by atoms with E-state index in [0.717, 1.165) is 59.3 Å². The lowest BCUT2D eigenvalue weighted by atomic mass is 9.59. The fourth-order valence-electron chi connectivity index (χ4n) is 8.50. The maximum absolute atomic E-state index is 6.77. The summed E-state index contributed by atoms with van der Waals surface area (Å²) in [6.07, 6.45) is 0. The number of thiophene rings is 1. The zero-order valence-electron chi connectivity index (χ0n) is 31.0.